The van der Waals surface area contributed by atoms with E-state index in [1.54, 1.807) is 35.4 Å². The zero-order valence-electron chi connectivity index (χ0n) is 13.4. The van der Waals surface area contributed by atoms with Crippen molar-refractivity contribution < 1.29 is 13.2 Å². The lowest BCUT2D eigenvalue weighted by Crippen LogP contribution is -2.30. The molecule has 1 aromatic heterocycles. The summed E-state index contributed by atoms with van der Waals surface area (Å²) >= 11 is 0. The van der Waals surface area contributed by atoms with Gasteiger partial charge in [0.05, 0.1) is 11.3 Å². The average molecular weight is 346 g/mol. The topological polar surface area (TPSA) is 82.6 Å². The number of hydrogen-bond donors (Lipinski definition) is 1. The molecule has 2 aromatic rings. The second-order valence-electron chi connectivity index (χ2n) is 5.68. The molecule has 3 rings (SSSR count). The molecule has 0 bridgehead atoms. The van der Waals surface area contributed by atoms with Crippen LogP contribution in [0.25, 0.3) is 0 Å². The standard InChI is InChI=1S/C16H18N4O3S/c1-19(2)24(22,23)18-14-6-5-12-7-9-20(15(12)10-14)16(21)13-4-3-8-17-11-13/h3-6,8,10-11,18H,7,9H2,1-2H3. The van der Waals surface area contributed by atoms with Crippen molar-refractivity contribution in [2.45, 2.75) is 6.42 Å². The van der Waals surface area contributed by atoms with Crippen LogP contribution >= 0.6 is 0 Å². The molecule has 2 heterocycles. The van der Waals surface area contributed by atoms with Crippen molar-refractivity contribution in [2.75, 3.05) is 30.3 Å². The van der Waals surface area contributed by atoms with Crippen molar-refractivity contribution >= 4 is 27.5 Å². The van der Waals surface area contributed by atoms with Gasteiger partial charge in [0, 0.05) is 38.7 Å². The van der Waals surface area contributed by atoms with E-state index in [-0.39, 0.29) is 5.91 Å². The van der Waals surface area contributed by atoms with Gasteiger partial charge in [0.25, 0.3) is 5.91 Å². The molecule has 0 fully saturated rings. The van der Waals surface area contributed by atoms with Crippen LogP contribution in [0.1, 0.15) is 15.9 Å². The summed E-state index contributed by atoms with van der Waals surface area (Å²) in [5, 5.41) is 0. The number of pyridine rings is 1. The molecule has 1 N–H and O–H groups in total. The van der Waals surface area contributed by atoms with Crippen LogP contribution in [0.4, 0.5) is 11.4 Å². The molecular weight excluding hydrogens is 328 g/mol. The third-order valence-electron chi connectivity index (χ3n) is 3.86. The van der Waals surface area contributed by atoms with Gasteiger partial charge in [0.15, 0.2) is 0 Å². The van der Waals surface area contributed by atoms with Crippen LogP contribution in [0.15, 0.2) is 42.7 Å². The second-order valence-corrected chi connectivity index (χ2v) is 7.57. The van der Waals surface area contributed by atoms with Gasteiger partial charge in [-0.2, -0.15) is 12.7 Å². The van der Waals surface area contributed by atoms with Crippen LogP contribution in [0.3, 0.4) is 0 Å². The lowest BCUT2D eigenvalue weighted by molar-refractivity contribution is 0.0989. The predicted molar refractivity (Wildman–Crippen MR) is 92.3 cm³/mol. The Morgan fingerprint density at radius 1 is 1.29 bits per heavy atom. The molecular formula is C16H18N4O3S. The number of fused-ring (bicyclic) bond motifs is 1. The Labute approximate surface area is 141 Å². The molecule has 1 aliphatic rings. The van der Waals surface area contributed by atoms with Crippen LogP contribution in [0, 0.1) is 0 Å². The molecule has 7 nitrogen and oxygen atoms in total. The van der Waals surface area contributed by atoms with Crippen LogP contribution in [-0.2, 0) is 16.6 Å². The van der Waals surface area contributed by atoms with Crippen molar-refractivity contribution in [2.24, 2.45) is 0 Å². The van der Waals surface area contributed by atoms with Gasteiger partial charge >= 0.3 is 10.2 Å². The van der Waals surface area contributed by atoms with Crippen LogP contribution in [-0.4, -0.2) is 44.3 Å². The smallest absolute Gasteiger partial charge is 0.301 e. The lowest BCUT2D eigenvalue weighted by Gasteiger charge is -2.19. The summed E-state index contributed by atoms with van der Waals surface area (Å²) in [7, 11) is -0.684. The lowest BCUT2D eigenvalue weighted by atomic mass is 10.1. The largest absolute Gasteiger partial charge is 0.308 e. The average Bonchev–Trinajstić information content (AvgIpc) is 2.97. The first-order valence-corrected chi connectivity index (χ1v) is 8.87. The summed E-state index contributed by atoms with van der Waals surface area (Å²) in [5.41, 5.74) is 2.67. The Morgan fingerprint density at radius 2 is 2.08 bits per heavy atom. The molecule has 0 aliphatic carbocycles. The second kappa shape index (κ2) is 6.21. The minimum absolute atomic E-state index is 0.144. The monoisotopic (exact) mass is 346 g/mol. The summed E-state index contributed by atoms with van der Waals surface area (Å²) in [6, 6.07) is 8.67. The quantitative estimate of drug-likeness (QED) is 0.909. The van der Waals surface area contributed by atoms with E-state index in [1.165, 1.54) is 20.3 Å². The number of benzene rings is 1. The molecule has 8 heteroatoms. The van der Waals surface area contributed by atoms with E-state index in [4.69, 9.17) is 0 Å². The van der Waals surface area contributed by atoms with Crippen molar-refractivity contribution in [3.8, 4) is 0 Å². The number of rotatable bonds is 4. The van der Waals surface area contributed by atoms with Crippen molar-refractivity contribution in [1.82, 2.24) is 9.29 Å². The minimum atomic E-state index is -3.59. The summed E-state index contributed by atoms with van der Waals surface area (Å²) in [4.78, 5) is 18.3. The van der Waals surface area contributed by atoms with Crippen molar-refractivity contribution in [1.29, 1.82) is 0 Å². The minimum Gasteiger partial charge on any atom is -0.308 e. The van der Waals surface area contributed by atoms with Gasteiger partial charge in [0.1, 0.15) is 0 Å². The van der Waals surface area contributed by atoms with Crippen LogP contribution in [0.2, 0.25) is 0 Å². The number of anilines is 2. The number of nitrogens with zero attached hydrogens (tertiary/aromatic N) is 3. The van der Waals surface area contributed by atoms with E-state index < -0.39 is 10.2 Å². The van der Waals surface area contributed by atoms with Gasteiger partial charge in [-0.25, -0.2) is 0 Å². The molecule has 126 valence electrons. The Hall–Kier alpha value is -2.45. The highest BCUT2D eigenvalue weighted by Crippen LogP contribution is 2.32. The zero-order valence-corrected chi connectivity index (χ0v) is 14.2. The van der Waals surface area contributed by atoms with E-state index in [2.05, 4.69) is 9.71 Å². The van der Waals surface area contributed by atoms with E-state index in [0.717, 1.165) is 22.0 Å². The van der Waals surface area contributed by atoms with E-state index in [0.29, 0.717) is 17.8 Å². The first kappa shape index (κ1) is 16.4. The van der Waals surface area contributed by atoms with Crippen molar-refractivity contribution in [3.63, 3.8) is 0 Å². The van der Waals surface area contributed by atoms with E-state index >= 15 is 0 Å². The van der Waals surface area contributed by atoms with Gasteiger partial charge in [-0.05, 0) is 36.2 Å². The fourth-order valence-corrected chi connectivity index (χ4v) is 3.15. The highest BCUT2D eigenvalue weighted by molar-refractivity contribution is 7.90. The van der Waals surface area contributed by atoms with Crippen LogP contribution in [0.5, 0.6) is 0 Å². The Morgan fingerprint density at radius 3 is 2.75 bits per heavy atom. The maximum atomic E-state index is 12.7. The molecule has 0 saturated heterocycles. The highest BCUT2D eigenvalue weighted by atomic mass is 32.2. The van der Waals surface area contributed by atoms with Gasteiger partial charge in [-0.15, -0.1) is 0 Å². The fourth-order valence-electron chi connectivity index (χ4n) is 2.54. The summed E-state index contributed by atoms with van der Waals surface area (Å²) in [6.07, 6.45) is 3.88. The van der Waals surface area contributed by atoms with Crippen molar-refractivity contribution in [3.05, 3.63) is 53.9 Å². The number of aromatic nitrogens is 1. The van der Waals surface area contributed by atoms with Crippen LogP contribution < -0.4 is 9.62 Å². The SMILES string of the molecule is CN(C)S(=O)(=O)Nc1ccc2c(c1)N(C(=O)c1cccnc1)CC2. The molecule has 1 aromatic carbocycles. The molecule has 0 atom stereocenters. The predicted octanol–water partition coefficient (Wildman–Crippen LogP) is 1.50. The van der Waals surface area contributed by atoms with Gasteiger partial charge in [0.2, 0.25) is 0 Å². The number of nitrogens with one attached hydrogen (secondary N) is 1. The molecule has 1 aliphatic heterocycles. The molecule has 0 saturated carbocycles. The normalized spacial score (nSPS) is 13.9. The van der Waals surface area contributed by atoms with Gasteiger partial charge < -0.3 is 4.90 Å². The Balaban J connectivity index is 1.90. The summed E-state index contributed by atoms with van der Waals surface area (Å²) in [5.74, 6) is -0.144. The third-order valence-corrected chi connectivity index (χ3v) is 5.32. The molecule has 24 heavy (non-hydrogen) atoms. The summed E-state index contributed by atoms with van der Waals surface area (Å²) in [6.45, 7) is 0.562. The first-order chi connectivity index (χ1) is 11.4. The number of hydrogen-bond acceptors (Lipinski definition) is 4. The Bertz CT molecular complexity index is 866. The van der Waals surface area contributed by atoms with E-state index in [9.17, 15) is 13.2 Å². The number of amides is 1. The third kappa shape index (κ3) is 3.10. The van der Waals surface area contributed by atoms with E-state index in [1.807, 2.05) is 6.07 Å². The Kier molecular flexibility index (Phi) is 4.25. The van der Waals surface area contributed by atoms with Gasteiger partial charge in [-0.1, -0.05) is 6.07 Å². The number of carbonyl (C=O) groups is 1. The zero-order chi connectivity index (χ0) is 17.3. The molecule has 0 radical (unpaired) electrons. The number of carbonyl (C=O) groups excluding carboxylic acids is 1. The maximum absolute atomic E-state index is 12.7. The summed E-state index contributed by atoms with van der Waals surface area (Å²) < 4.78 is 27.5. The molecule has 0 spiro atoms. The molecule has 1 amide bonds. The van der Waals surface area contributed by atoms with Gasteiger partial charge in [-0.3, -0.25) is 14.5 Å². The first-order valence-electron chi connectivity index (χ1n) is 7.43. The maximum Gasteiger partial charge on any atom is 0.301 e. The highest BCUT2D eigenvalue weighted by Gasteiger charge is 2.26. The molecule has 0 unspecified atom stereocenters. The fraction of sp³-hybridized carbons (Fsp3) is 0.250.